The monoisotopic (exact) mass is 302 g/mol. The van der Waals surface area contributed by atoms with Gasteiger partial charge in [-0.1, -0.05) is 13.0 Å². The fourth-order valence-electron chi connectivity index (χ4n) is 3.40. The predicted molar refractivity (Wildman–Crippen MR) is 88.5 cm³/mol. The third kappa shape index (κ3) is 2.84. The van der Waals surface area contributed by atoms with Crippen molar-refractivity contribution in [1.82, 2.24) is 5.32 Å². The molecule has 1 aromatic rings. The van der Waals surface area contributed by atoms with E-state index in [1.807, 2.05) is 24.8 Å². The maximum Gasteiger partial charge on any atom is 0.270 e. The van der Waals surface area contributed by atoms with Crippen LogP contribution in [-0.2, 0) is 11.2 Å². The Morgan fingerprint density at radius 1 is 1.41 bits per heavy atom. The number of amides is 1. The number of ether oxygens (including phenoxy) is 1. The molecule has 0 radical (unpaired) electrons. The van der Waals surface area contributed by atoms with Crippen LogP contribution < -0.4 is 15.0 Å². The van der Waals surface area contributed by atoms with E-state index in [4.69, 9.17) is 4.74 Å². The summed E-state index contributed by atoms with van der Waals surface area (Å²) in [4.78, 5) is 14.5. The van der Waals surface area contributed by atoms with Crippen LogP contribution in [0.3, 0.4) is 0 Å². The van der Waals surface area contributed by atoms with Crippen LogP contribution in [0, 0.1) is 0 Å². The SMILES string of the molecule is CCCN1C(=O)C(C)(C)Oc2ccc(CC3CCCN3)cc21. The van der Waals surface area contributed by atoms with Gasteiger partial charge in [0.15, 0.2) is 5.60 Å². The number of fused-ring (bicyclic) bond motifs is 1. The molecule has 1 atom stereocenters. The van der Waals surface area contributed by atoms with E-state index in [1.165, 1.54) is 18.4 Å². The molecule has 4 nitrogen and oxygen atoms in total. The molecule has 1 aromatic carbocycles. The van der Waals surface area contributed by atoms with Crippen molar-refractivity contribution in [2.45, 2.75) is 58.1 Å². The predicted octanol–water partition coefficient (Wildman–Crippen LogP) is 2.90. The second-order valence-corrected chi connectivity index (χ2v) is 6.87. The first-order valence-corrected chi connectivity index (χ1v) is 8.38. The zero-order valence-electron chi connectivity index (χ0n) is 13.8. The summed E-state index contributed by atoms with van der Waals surface area (Å²) < 4.78 is 5.93. The summed E-state index contributed by atoms with van der Waals surface area (Å²) in [5.41, 5.74) is 1.42. The van der Waals surface area contributed by atoms with E-state index >= 15 is 0 Å². The number of carbonyl (C=O) groups is 1. The van der Waals surface area contributed by atoms with Crippen LogP contribution in [0.2, 0.25) is 0 Å². The molecule has 0 bridgehead atoms. The molecule has 120 valence electrons. The van der Waals surface area contributed by atoms with Crippen molar-refractivity contribution in [3.8, 4) is 5.75 Å². The zero-order chi connectivity index (χ0) is 15.7. The van der Waals surface area contributed by atoms with Gasteiger partial charge in [0.25, 0.3) is 5.91 Å². The average molecular weight is 302 g/mol. The lowest BCUT2D eigenvalue weighted by atomic mass is 9.99. The molecule has 1 amide bonds. The van der Waals surface area contributed by atoms with Gasteiger partial charge in [0.1, 0.15) is 5.75 Å². The summed E-state index contributed by atoms with van der Waals surface area (Å²) in [6, 6.07) is 6.86. The fraction of sp³-hybridized carbons (Fsp3) is 0.611. The maximum atomic E-state index is 12.6. The fourth-order valence-corrected chi connectivity index (χ4v) is 3.40. The molecule has 0 aromatic heterocycles. The molecule has 2 aliphatic rings. The van der Waals surface area contributed by atoms with E-state index in [0.29, 0.717) is 6.04 Å². The van der Waals surface area contributed by atoms with Crippen molar-refractivity contribution in [3.63, 3.8) is 0 Å². The second-order valence-electron chi connectivity index (χ2n) is 6.87. The average Bonchev–Trinajstić information content (AvgIpc) is 2.97. The van der Waals surface area contributed by atoms with Gasteiger partial charge in [-0.25, -0.2) is 0 Å². The van der Waals surface area contributed by atoms with Crippen molar-refractivity contribution in [2.24, 2.45) is 0 Å². The van der Waals surface area contributed by atoms with Gasteiger partial charge in [0.05, 0.1) is 5.69 Å². The Kier molecular flexibility index (Phi) is 4.13. The first-order chi connectivity index (χ1) is 10.5. The number of rotatable bonds is 4. The van der Waals surface area contributed by atoms with Crippen LogP contribution in [0.4, 0.5) is 5.69 Å². The first kappa shape index (κ1) is 15.3. The standard InChI is InChI=1S/C18H26N2O2/c1-4-10-20-15-12-13(11-14-6-5-9-19-14)7-8-16(15)22-18(2,3)17(20)21/h7-8,12,14,19H,4-6,9-11H2,1-3H3. The quantitative estimate of drug-likeness (QED) is 0.930. The van der Waals surface area contributed by atoms with Crippen molar-refractivity contribution in [3.05, 3.63) is 23.8 Å². The van der Waals surface area contributed by atoms with Gasteiger partial charge in [0, 0.05) is 12.6 Å². The van der Waals surface area contributed by atoms with Crippen LogP contribution in [0.25, 0.3) is 0 Å². The Bertz CT molecular complexity index is 562. The number of nitrogens with zero attached hydrogens (tertiary/aromatic N) is 1. The lowest BCUT2D eigenvalue weighted by Crippen LogP contribution is -2.52. The highest BCUT2D eigenvalue weighted by Crippen LogP contribution is 2.38. The minimum atomic E-state index is -0.781. The molecule has 0 saturated carbocycles. The van der Waals surface area contributed by atoms with E-state index in [2.05, 4.69) is 24.4 Å². The van der Waals surface area contributed by atoms with E-state index in [-0.39, 0.29) is 5.91 Å². The van der Waals surface area contributed by atoms with Crippen LogP contribution >= 0.6 is 0 Å². The van der Waals surface area contributed by atoms with E-state index in [1.54, 1.807) is 0 Å². The van der Waals surface area contributed by atoms with Gasteiger partial charge in [-0.15, -0.1) is 0 Å². The molecule has 2 aliphatic heterocycles. The molecule has 1 N–H and O–H groups in total. The summed E-state index contributed by atoms with van der Waals surface area (Å²) >= 11 is 0. The van der Waals surface area contributed by atoms with E-state index < -0.39 is 5.60 Å². The summed E-state index contributed by atoms with van der Waals surface area (Å²) in [6.45, 7) is 7.65. The first-order valence-electron chi connectivity index (χ1n) is 8.38. The topological polar surface area (TPSA) is 41.6 Å². The highest BCUT2D eigenvalue weighted by atomic mass is 16.5. The molecule has 3 rings (SSSR count). The summed E-state index contributed by atoms with van der Waals surface area (Å²) in [5, 5.41) is 3.53. The number of nitrogens with one attached hydrogen (secondary N) is 1. The van der Waals surface area contributed by atoms with Crippen molar-refractivity contribution in [2.75, 3.05) is 18.0 Å². The van der Waals surface area contributed by atoms with Gasteiger partial charge in [-0.3, -0.25) is 4.79 Å². The third-order valence-corrected chi connectivity index (χ3v) is 4.53. The molecular formula is C18H26N2O2. The number of hydrogen-bond donors (Lipinski definition) is 1. The van der Waals surface area contributed by atoms with Crippen LogP contribution in [0.15, 0.2) is 18.2 Å². The lowest BCUT2D eigenvalue weighted by Gasteiger charge is -2.39. The van der Waals surface area contributed by atoms with Crippen LogP contribution in [0.1, 0.15) is 45.6 Å². The van der Waals surface area contributed by atoms with Crippen molar-refractivity contribution in [1.29, 1.82) is 0 Å². The Morgan fingerprint density at radius 2 is 2.23 bits per heavy atom. The molecule has 0 aliphatic carbocycles. The molecule has 0 spiro atoms. The summed E-state index contributed by atoms with van der Waals surface area (Å²) in [6.07, 6.45) is 4.45. The van der Waals surface area contributed by atoms with Crippen molar-refractivity contribution < 1.29 is 9.53 Å². The van der Waals surface area contributed by atoms with Crippen molar-refractivity contribution >= 4 is 11.6 Å². The summed E-state index contributed by atoms with van der Waals surface area (Å²) in [5.74, 6) is 0.874. The van der Waals surface area contributed by atoms with Gasteiger partial charge < -0.3 is 15.0 Å². The Hall–Kier alpha value is -1.55. The number of anilines is 1. The van der Waals surface area contributed by atoms with Gasteiger partial charge in [-0.05, 0) is 63.8 Å². The largest absolute Gasteiger partial charge is 0.476 e. The van der Waals surface area contributed by atoms with E-state index in [0.717, 1.165) is 37.4 Å². The third-order valence-electron chi connectivity index (χ3n) is 4.53. The zero-order valence-corrected chi connectivity index (χ0v) is 13.8. The molecular weight excluding hydrogens is 276 g/mol. The molecule has 1 fully saturated rings. The molecule has 2 heterocycles. The van der Waals surface area contributed by atoms with Gasteiger partial charge in [0.2, 0.25) is 0 Å². The summed E-state index contributed by atoms with van der Waals surface area (Å²) in [7, 11) is 0. The van der Waals surface area contributed by atoms with Crippen LogP contribution in [0.5, 0.6) is 5.75 Å². The smallest absolute Gasteiger partial charge is 0.270 e. The van der Waals surface area contributed by atoms with Gasteiger partial charge >= 0.3 is 0 Å². The maximum absolute atomic E-state index is 12.6. The molecule has 1 unspecified atom stereocenters. The molecule has 22 heavy (non-hydrogen) atoms. The highest BCUT2D eigenvalue weighted by molar-refractivity contribution is 6.02. The Morgan fingerprint density at radius 3 is 2.91 bits per heavy atom. The highest BCUT2D eigenvalue weighted by Gasteiger charge is 2.40. The number of benzene rings is 1. The minimum Gasteiger partial charge on any atom is -0.476 e. The van der Waals surface area contributed by atoms with E-state index in [9.17, 15) is 4.79 Å². The number of carbonyl (C=O) groups excluding carboxylic acids is 1. The normalized spacial score (nSPS) is 23.3. The molecule has 4 heteroatoms. The Balaban J connectivity index is 1.90. The molecule has 1 saturated heterocycles. The Labute approximate surface area is 132 Å². The number of hydrogen-bond acceptors (Lipinski definition) is 3. The second kappa shape index (κ2) is 5.92. The minimum absolute atomic E-state index is 0.0537. The van der Waals surface area contributed by atoms with Crippen LogP contribution in [-0.4, -0.2) is 30.6 Å². The van der Waals surface area contributed by atoms with Gasteiger partial charge in [-0.2, -0.15) is 0 Å². The lowest BCUT2D eigenvalue weighted by molar-refractivity contribution is -0.132.